The summed E-state index contributed by atoms with van der Waals surface area (Å²) in [6, 6.07) is -0.295. The van der Waals surface area contributed by atoms with E-state index in [1.165, 1.54) is 0 Å². The molecule has 0 aromatic carbocycles. The molecule has 0 saturated carbocycles. The maximum Gasteiger partial charge on any atom is 0.239 e. The third-order valence-electron chi connectivity index (χ3n) is 2.41. The molecule has 0 aromatic rings. The molecule has 14 heavy (non-hydrogen) atoms. The molecular weight excluding hydrogens is 176 g/mol. The van der Waals surface area contributed by atoms with Gasteiger partial charge >= 0.3 is 0 Å². The molecule has 0 rings (SSSR count). The Bertz CT molecular complexity index is 143. The fraction of sp³-hybridized carbons (Fsp3) is 0.909. The topological polar surface area (TPSA) is 46.3 Å². The molecule has 84 valence electrons. The molecular formula is C11H24N2O. The highest BCUT2D eigenvalue weighted by Gasteiger charge is 2.16. The number of likely N-dealkylation sites (N-methyl/N-ethyl adjacent to an activating group) is 1. The number of unbranched alkanes of at least 4 members (excludes halogenated alkanes) is 2. The van der Waals surface area contributed by atoms with Crippen LogP contribution in [0.4, 0.5) is 0 Å². The first kappa shape index (κ1) is 13.4. The van der Waals surface area contributed by atoms with Crippen LogP contribution < -0.4 is 5.73 Å². The number of rotatable bonds is 7. The minimum absolute atomic E-state index is 0.0897. The van der Waals surface area contributed by atoms with Crippen molar-refractivity contribution >= 4 is 5.91 Å². The van der Waals surface area contributed by atoms with E-state index in [9.17, 15) is 4.79 Å². The van der Waals surface area contributed by atoms with Gasteiger partial charge in [-0.05, 0) is 12.8 Å². The molecule has 0 aliphatic carbocycles. The summed E-state index contributed by atoms with van der Waals surface area (Å²) in [6.07, 6.45) is 5.12. The van der Waals surface area contributed by atoms with Crippen LogP contribution in [0.3, 0.4) is 0 Å². The fourth-order valence-electron chi connectivity index (χ4n) is 1.34. The van der Waals surface area contributed by atoms with Crippen LogP contribution in [0, 0.1) is 0 Å². The molecule has 0 unspecified atom stereocenters. The van der Waals surface area contributed by atoms with Crippen molar-refractivity contribution in [2.45, 2.75) is 52.0 Å². The highest BCUT2D eigenvalue weighted by Crippen LogP contribution is 2.02. The molecule has 0 saturated heterocycles. The van der Waals surface area contributed by atoms with E-state index in [4.69, 9.17) is 5.73 Å². The third kappa shape index (κ3) is 5.22. The predicted molar refractivity (Wildman–Crippen MR) is 60.0 cm³/mol. The standard InChI is InChI=1S/C11H24N2O/c1-4-6-8-10(12)11(14)13(3)9-7-5-2/h10H,4-9,12H2,1-3H3/t10-/m0/s1. The lowest BCUT2D eigenvalue weighted by molar-refractivity contribution is -0.131. The van der Waals surface area contributed by atoms with Crippen LogP contribution in [-0.2, 0) is 4.79 Å². The Labute approximate surface area is 87.6 Å². The molecule has 0 radical (unpaired) electrons. The summed E-state index contributed by atoms with van der Waals surface area (Å²) < 4.78 is 0. The van der Waals surface area contributed by atoms with Crippen molar-refractivity contribution in [2.24, 2.45) is 5.73 Å². The van der Waals surface area contributed by atoms with Gasteiger partial charge in [0.2, 0.25) is 5.91 Å². The number of nitrogens with zero attached hydrogens (tertiary/aromatic N) is 1. The number of carbonyl (C=O) groups is 1. The summed E-state index contributed by atoms with van der Waals surface area (Å²) in [5.74, 6) is 0.0897. The van der Waals surface area contributed by atoms with Gasteiger partial charge in [-0.2, -0.15) is 0 Å². The van der Waals surface area contributed by atoms with Gasteiger partial charge in [0, 0.05) is 13.6 Å². The van der Waals surface area contributed by atoms with E-state index in [0.29, 0.717) is 0 Å². The molecule has 1 atom stereocenters. The summed E-state index contributed by atoms with van der Waals surface area (Å²) in [5, 5.41) is 0. The van der Waals surface area contributed by atoms with Crippen LogP contribution in [-0.4, -0.2) is 30.4 Å². The molecule has 0 aliphatic rings. The van der Waals surface area contributed by atoms with Gasteiger partial charge in [0.05, 0.1) is 6.04 Å². The zero-order chi connectivity index (χ0) is 11.0. The Morgan fingerprint density at radius 3 is 2.36 bits per heavy atom. The highest BCUT2D eigenvalue weighted by molar-refractivity contribution is 5.81. The van der Waals surface area contributed by atoms with Crippen LogP contribution in [0.25, 0.3) is 0 Å². The zero-order valence-corrected chi connectivity index (χ0v) is 9.75. The zero-order valence-electron chi connectivity index (χ0n) is 9.75. The van der Waals surface area contributed by atoms with Gasteiger partial charge < -0.3 is 10.6 Å². The second-order valence-corrected chi connectivity index (χ2v) is 3.86. The van der Waals surface area contributed by atoms with Crippen LogP contribution in [0.1, 0.15) is 46.0 Å². The maximum absolute atomic E-state index is 11.7. The smallest absolute Gasteiger partial charge is 0.239 e. The molecule has 1 amide bonds. The number of nitrogens with two attached hydrogens (primary N) is 1. The number of hydrogen-bond donors (Lipinski definition) is 1. The first-order chi connectivity index (χ1) is 6.63. The lowest BCUT2D eigenvalue weighted by Gasteiger charge is -2.20. The van der Waals surface area contributed by atoms with E-state index in [1.807, 2.05) is 7.05 Å². The van der Waals surface area contributed by atoms with E-state index < -0.39 is 0 Å². The third-order valence-corrected chi connectivity index (χ3v) is 2.41. The van der Waals surface area contributed by atoms with Crippen molar-refractivity contribution in [2.75, 3.05) is 13.6 Å². The minimum atomic E-state index is -0.295. The number of hydrogen-bond acceptors (Lipinski definition) is 2. The second-order valence-electron chi connectivity index (χ2n) is 3.86. The second kappa shape index (κ2) is 7.80. The van der Waals surface area contributed by atoms with Crippen LogP contribution >= 0.6 is 0 Å². The molecule has 0 fully saturated rings. The molecule has 0 heterocycles. The molecule has 2 N–H and O–H groups in total. The molecule has 3 nitrogen and oxygen atoms in total. The average Bonchev–Trinajstić information content (AvgIpc) is 2.21. The number of amides is 1. The van der Waals surface area contributed by atoms with Crippen molar-refractivity contribution in [1.29, 1.82) is 0 Å². The van der Waals surface area contributed by atoms with Crippen molar-refractivity contribution in [3.05, 3.63) is 0 Å². The van der Waals surface area contributed by atoms with Gasteiger partial charge in [0.15, 0.2) is 0 Å². The SMILES string of the molecule is CCCC[C@H](N)C(=O)N(C)CCCC. The van der Waals surface area contributed by atoms with Gasteiger partial charge in [0.25, 0.3) is 0 Å². The van der Waals surface area contributed by atoms with Gasteiger partial charge in [-0.3, -0.25) is 4.79 Å². The molecule has 0 bridgehead atoms. The summed E-state index contributed by atoms with van der Waals surface area (Å²) in [4.78, 5) is 13.4. The number of carbonyl (C=O) groups excluding carboxylic acids is 1. The average molecular weight is 200 g/mol. The Morgan fingerprint density at radius 1 is 1.29 bits per heavy atom. The Kier molecular flexibility index (Phi) is 7.48. The first-order valence-electron chi connectivity index (χ1n) is 5.64. The summed E-state index contributed by atoms with van der Waals surface area (Å²) >= 11 is 0. The summed E-state index contributed by atoms with van der Waals surface area (Å²) in [7, 11) is 1.84. The lowest BCUT2D eigenvalue weighted by atomic mass is 10.1. The van der Waals surface area contributed by atoms with Gasteiger partial charge in [-0.1, -0.05) is 33.1 Å². The Morgan fingerprint density at radius 2 is 1.86 bits per heavy atom. The van der Waals surface area contributed by atoms with Crippen molar-refractivity contribution in [3.8, 4) is 0 Å². The van der Waals surface area contributed by atoms with Crippen LogP contribution in [0.15, 0.2) is 0 Å². The van der Waals surface area contributed by atoms with E-state index in [2.05, 4.69) is 13.8 Å². The van der Waals surface area contributed by atoms with Gasteiger partial charge in [0.1, 0.15) is 0 Å². The van der Waals surface area contributed by atoms with Crippen LogP contribution in [0.2, 0.25) is 0 Å². The van der Waals surface area contributed by atoms with E-state index in [1.54, 1.807) is 4.90 Å². The van der Waals surface area contributed by atoms with Gasteiger partial charge in [-0.15, -0.1) is 0 Å². The van der Waals surface area contributed by atoms with Crippen molar-refractivity contribution < 1.29 is 4.79 Å². The fourth-order valence-corrected chi connectivity index (χ4v) is 1.34. The van der Waals surface area contributed by atoms with Crippen molar-refractivity contribution in [3.63, 3.8) is 0 Å². The van der Waals surface area contributed by atoms with E-state index >= 15 is 0 Å². The van der Waals surface area contributed by atoms with Crippen molar-refractivity contribution in [1.82, 2.24) is 4.90 Å². The maximum atomic E-state index is 11.7. The molecule has 0 spiro atoms. The predicted octanol–water partition coefficient (Wildman–Crippen LogP) is 1.76. The largest absolute Gasteiger partial charge is 0.344 e. The van der Waals surface area contributed by atoms with Crippen LogP contribution in [0.5, 0.6) is 0 Å². The Hall–Kier alpha value is -0.570. The molecule has 0 aliphatic heterocycles. The van der Waals surface area contributed by atoms with E-state index in [0.717, 1.165) is 38.6 Å². The van der Waals surface area contributed by atoms with Gasteiger partial charge in [-0.25, -0.2) is 0 Å². The summed E-state index contributed by atoms with van der Waals surface area (Å²) in [5.41, 5.74) is 5.78. The first-order valence-corrected chi connectivity index (χ1v) is 5.64. The summed E-state index contributed by atoms with van der Waals surface area (Å²) in [6.45, 7) is 5.06. The lowest BCUT2D eigenvalue weighted by Crippen LogP contribution is -2.42. The quantitative estimate of drug-likeness (QED) is 0.680. The minimum Gasteiger partial charge on any atom is -0.344 e. The Balaban J connectivity index is 3.78. The molecule has 3 heteroatoms. The monoisotopic (exact) mass is 200 g/mol. The van der Waals surface area contributed by atoms with E-state index in [-0.39, 0.29) is 11.9 Å². The normalized spacial score (nSPS) is 12.6. The molecule has 0 aromatic heterocycles. The highest BCUT2D eigenvalue weighted by atomic mass is 16.2.